The van der Waals surface area contributed by atoms with Crippen LogP contribution in [-0.4, -0.2) is 27.8 Å². The highest BCUT2D eigenvalue weighted by Crippen LogP contribution is 2.32. The van der Waals surface area contributed by atoms with Crippen molar-refractivity contribution in [3.8, 4) is 0 Å². The molecule has 3 aromatic rings. The van der Waals surface area contributed by atoms with Crippen LogP contribution in [0.4, 0.5) is 5.69 Å². The fourth-order valence-corrected chi connectivity index (χ4v) is 4.37. The van der Waals surface area contributed by atoms with E-state index in [1.54, 1.807) is 6.07 Å². The van der Waals surface area contributed by atoms with Crippen molar-refractivity contribution in [1.82, 2.24) is 15.3 Å². The van der Waals surface area contributed by atoms with Crippen LogP contribution in [0.3, 0.4) is 0 Å². The Morgan fingerprint density at radius 1 is 1.14 bits per heavy atom. The van der Waals surface area contributed by atoms with Crippen LogP contribution in [0.25, 0.3) is 11.0 Å². The molecule has 2 amide bonds. The van der Waals surface area contributed by atoms with Crippen molar-refractivity contribution < 1.29 is 9.59 Å². The fraction of sp³-hybridized carbons (Fsp3) is 0.318. The number of carbonyl (C=O) groups excluding carboxylic acids is 2. The minimum absolute atomic E-state index is 0.0199. The van der Waals surface area contributed by atoms with Gasteiger partial charge in [0.15, 0.2) is 0 Å². The number of para-hydroxylation sites is 2. The van der Waals surface area contributed by atoms with E-state index in [9.17, 15) is 9.59 Å². The second-order valence-electron chi connectivity index (χ2n) is 7.77. The molecule has 28 heavy (non-hydrogen) atoms. The summed E-state index contributed by atoms with van der Waals surface area (Å²) in [6.07, 6.45) is 4.35. The van der Waals surface area contributed by atoms with Gasteiger partial charge in [0.2, 0.25) is 5.91 Å². The maximum Gasteiger partial charge on any atom is 0.251 e. The summed E-state index contributed by atoms with van der Waals surface area (Å²) in [6, 6.07) is 13.6. The van der Waals surface area contributed by atoms with Crippen LogP contribution < -0.4 is 10.6 Å². The summed E-state index contributed by atoms with van der Waals surface area (Å²) < 4.78 is 0. The number of anilines is 1. The van der Waals surface area contributed by atoms with Crippen molar-refractivity contribution in [3.63, 3.8) is 0 Å². The normalized spacial score (nSPS) is 21.4. The first-order valence-electron chi connectivity index (χ1n) is 9.84. The molecule has 2 aliphatic rings. The molecule has 142 valence electrons. The van der Waals surface area contributed by atoms with Crippen molar-refractivity contribution >= 4 is 28.5 Å². The summed E-state index contributed by atoms with van der Waals surface area (Å²) in [7, 11) is 0. The Kier molecular flexibility index (Phi) is 4.11. The number of aromatic amines is 1. The zero-order valence-corrected chi connectivity index (χ0v) is 15.5. The lowest BCUT2D eigenvalue weighted by Gasteiger charge is -2.28. The number of amides is 2. The Labute approximate surface area is 162 Å². The van der Waals surface area contributed by atoms with Gasteiger partial charge in [0, 0.05) is 23.2 Å². The van der Waals surface area contributed by atoms with Crippen molar-refractivity contribution in [1.29, 1.82) is 0 Å². The summed E-state index contributed by atoms with van der Waals surface area (Å²) in [5.41, 5.74) is 4.36. The van der Waals surface area contributed by atoms with E-state index >= 15 is 0 Å². The minimum Gasteiger partial charge on any atom is -0.349 e. The second-order valence-corrected chi connectivity index (χ2v) is 7.77. The lowest BCUT2D eigenvalue weighted by atomic mass is 9.85. The maximum absolute atomic E-state index is 12.7. The summed E-state index contributed by atoms with van der Waals surface area (Å²) in [4.78, 5) is 32.4. The molecule has 6 nitrogen and oxygen atoms in total. The van der Waals surface area contributed by atoms with Gasteiger partial charge in [0.1, 0.15) is 5.82 Å². The molecule has 1 aliphatic carbocycles. The highest BCUT2D eigenvalue weighted by molar-refractivity contribution is 6.01. The Morgan fingerprint density at radius 2 is 2.04 bits per heavy atom. The van der Waals surface area contributed by atoms with E-state index in [0.717, 1.165) is 53.8 Å². The van der Waals surface area contributed by atoms with Crippen LogP contribution >= 0.6 is 0 Å². The zero-order valence-electron chi connectivity index (χ0n) is 15.5. The first kappa shape index (κ1) is 17.0. The lowest BCUT2D eigenvalue weighted by Crippen LogP contribution is -2.38. The molecule has 2 atom stereocenters. The molecule has 1 unspecified atom stereocenters. The van der Waals surface area contributed by atoms with Crippen LogP contribution in [0, 0.1) is 0 Å². The van der Waals surface area contributed by atoms with Crippen LogP contribution in [-0.2, 0) is 11.2 Å². The van der Waals surface area contributed by atoms with Crippen molar-refractivity contribution in [2.45, 2.75) is 44.1 Å². The number of carbonyl (C=O) groups is 2. The van der Waals surface area contributed by atoms with E-state index in [4.69, 9.17) is 4.98 Å². The predicted molar refractivity (Wildman–Crippen MR) is 107 cm³/mol. The third-order valence-electron chi connectivity index (χ3n) is 5.80. The molecule has 1 aliphatic heterocycles. The predicted octanol–water partition coefficient (Wildman–Crippen LogP) is 3.51. The smallest absolute Gasteiger partial charge is 0.251 e. The number of nitrogens with zero attached hydrogens (tertiary/aromatic N) is 1. The van der Waals surface area contributed by atoms with Gasteiger partial charge in [-0.1, -0.05) is 18.6 Å². The van der Waals surface area contributed by atoms with Gasteiger partial charge in [-0.3, -0.25) is 9.59 Å². The number of benzene rings is 2. The lowest BCUT2D eigenvalue weighted by molar-refractivity contribution is -0.115. The average Bonchev–Trinajstić information content (AvgIpc) is 3.29. The molecule has 1 saturated carbocycles. The Morgan fingerprint density at radius 3 is 2.93 bits per heavy atom. The molecule has 5 rings (SSSR count). The molecule has 0 spiro atoms. The zero-order chi connectivity index (χ0) is 19.1. The SMILES string of the molecule is O=C1Cc2cc(C(=O)NC3CCC[C@H](c4nc5ccccc5[nH]4)C3)ccc2N1. The van der Waals surface area contributed by atoms with E-state index in [2.05, 4.69) is 15.6 Å². The Hall–Kier alpha value is -3.15. The molecule has 0 radical (unpaired) electrons. The van der Waals surface area contributed by atoms with E-state index in [1.807, 2.05) is 36.4 Å². The van der Waals surface area contributed by atoms with Crippen molar-refractivity contribution in [2.24, 2.45) is 0 Å². The second kappa shape index (κ2) is 6.78. The number of aromatic nitrogens is 2. The summed E-state index contributed by atoms with van der Waals surface area (Å²) >= 11 is 0. The third-order valence-corrected chi connectivity index (χ3v) is 5.80. The van der Waals surface area contributed by atoms with Crippen LogP contribution in [0.2, 0.25) is 0 Å². The van der Waals surface area contributed by atoms with Gasteiger partial charge in [-0.15, -0.1) is 0 Å². The van der Waals surface area contributed by atoms with Crippen LogP contribution in [0.1, 0.15) is 53.3 Å². The van der Waals surface area contributed by atoms with Crippen LogP contribution in [0.15, 0.2) is 42.5 Å². The van der Waals surface area contributed by atoms with Gasteiger partial charge in [0.05, 0.1) is 17.5 Å². The monoisotopic (exact) mass is 374 g/mol. The number of hydrogen-bond acceptors (Lipinski definition) is 3. The van der Waals surface area contributed by atoms with E-state index < -0.39 is 0 Å². The highest BCUT2D eigenvalue weighted by Gasteiger charge is 2.27. The van der Waals surface area contributed by atoms with E-state index in [0.29, 0.717) is 17.9 Å². The molecule has 6 heteroatoms. The highest BCUT2D eigenvalue weighted by atomic mass is 16.2. The molecule has 2 aromatic carbocycles. The minimum atomic E-state index is -0.0718. The van der Waals surface area contributed by atoms with Gasteiger partial charge in [-0.2, -0.15) is 0 Å². The van der Waals surface area contributed by atoms with Gasteiger partial charge >= 0.3 is 0 Å². The standard InChI is InChI=1S/C22H22N4O2/c27-20-12-15-10-14(8-9-17(15)24-20)22(28)23-16-5-3-4-13(11-16)21-25-18-6-1-2-7-19(18)26-21/h1-2,6-10,13,16H,3-5,11-12H2,(H,23,28)(H,24,27)(H,25,26)/t13-,16?/m0/s1. The summed E-state index contributed by atoms with van der Waals surface area (Å²) in [5.74, 6) is 1.25. The maximum atomic E-state index is 12.7. The molecule has 0 saturated heterocycles. The first-order valence-corrected chi connectivity index (χ1v) is 9.84. The first-order chi connectivity index (χ1) is 13.7. The number of imidazole rings is 1. The number of fused-ring (bicyclic) bond motifs is 2. The van der Waals surface area contributed by atoms with E-state index in [-0.39, 0.29) is 17.9 Å². The largest absolute Gasteiger partial charge is 0.349 e. The Balaban J connectivity index is 1.28. The van der Waals surface area contributed by atoms with Crippen LogP contribution in [0.5, 0.6) is 0 Å². The fourth-order valence-electron chi connectivity index (χ4n) is 4.37. The number of H-pyrrole nitrogens is 1. The van der Waals surface area contributed by atoms with Gasteiger partial charge in [-0.05, 0) is 55.2 Å². The average molecular weight is 374 g/mol. The molecule has 0 bridgehead atoms. The van der Waals surface area contributed by atoms with E-state index in [1.165, 1.54) is 0 Å². The van der Waals surface area contributed by atoms with Gasteiger partial charge in [0.25, 0.3) is 5.91 Å². The molecule has 1 fully saturated rings. The van der Waals surface area contributed by atoms with Crippen molar-refractivity contribution in [2.75, 3.05) is 5.32 Å². The molecule has 2 heterocycles. The molecule has 1 aromatic heterocycles. The third kappa shape index (κ3) is 3.15. The quantitative estimate of drug-likeness (QED) is 0.656. The summed E-state index contributed by atoms with van der Waals surface area (Å²) in [6.45, 7) is 0. The number of nitrogens with one attached hydrogen (secondary N) is 3. The topological polar surface area (TPSA) is 86.9 Å². The number of rotatable bonds is 3. The van der Waals surface area contributed by atoms with Gasteiger partial charge < -0.3 is 15.6 Å². The number of hydrogen-bond donors (Lipinski definition) is 3. The van der Waals surface area contributed by atoms with Gasteiger partial charge in [-0.25, -0.2) is 4.98 Å². The molecular weight excluding hydrogens is 352 g/mol. The summed E-state index contributed by atoms with van der Waals surface area (Å²) in [5, 5.41) is 5.98. The van der Waals surface area contributed by atoms with Crippen molar-refractivity contribution in [3.05, 3.63) is 59.4 Å². The molecule has 3 N–H and O–H groups in total. The Bertz CT molecular complexity index is 1040. The molecular formula is C22H22N4O2.